The van der Waals surface area contributed by atoms with Crippen LogP contribution in [0.1, 0.15) is 55.6 Å². The fraction of sp³-hybridized carbons (Fsp3) is 0.733. The van der Waals surface area contributed by atoms with Crippen LogP contribution < -0.4 is 11.1 Å². The van der Waals surface area contributed by atoms with Gasteiger partial charge in [0.2, 0.25) is 5.91 Å². The molecule has 0 aliphatic heterocycles. The van der Waals surface area contributed by atoms with E-state index in [-0.39, 0.29) is 48.2 Å². The zero-order chi connectivity index (χ0) is 14.2. The maximum absolute atomic E-state index is 12.5. The van der Waals surface area contributed by atoms with E-state index in [2.05, 4.69) is 15.7 Å². The lowest BCUT2D eigenvalue weighted by molar-refractivity contribution is -0.127. The number of amides is 1. The summed E-state index contributed by atoms with van der Waals surface area (Å²) in [6.45, 7) is 2.01. The van der Waals surface area contributed by atoms with E-state index >= 15 is 0 Å². The Kier molecular flexibility index (Phi) is 7.12. The molecule has 2 saturated carbocycles. The number of aryl methyl sites for hydroxylation is 1. The van der Waals surface area contributed by atoms with E-state index in [0.29, 0.717) is 0 Å². The molecule has 2 aliphatic rings. The largest absolute Gasteiger partial charge is 0.344 e. The van der Waals surface area contributed by atoms with Crippen LogP contribution in [0.15, 0.2) is 5.38 Å². The van der Waals surface area contributed by atoms with Gasteiger partial charge in [-0.05, 0) is 39.0 Å². The highest BCUT2D eigenvalue weighted by Gasteiger charge is 2.41. The van der Waals surface area contributed by atoms with Gasteiger partial charge in [-0.15, -0.1) is 36.2 Å². The van der Waals surface area contributed by atoms with Gasteiger partial charge < -0.3 is 11.1 Å². The zero-order valence-electron chi connectivity index (χ0n) is 12.8. The summed E-state index contributed by atoms with van der Waals surface area (Å²) in [5.74, 6) is 0.288. The van der Waals surface area contributed by atoms with Gasteiger partial charge in [0.25, 0.3) is 0 Å². The van der Waals surface area contributed by atoms with Crippen molar-refractivity contribution < 1.29 is 4.79 Å². The molecular formula is C15H25Cl2N3OS. The van der Waals surface area contributed by atoms with Crippen molar-refractivity contribution in [3.63, 3.8) is 0 Å². The van der Waals surface area contributed by atoms with Gasteiger partial charge in [-0.3, -0.25) is 4.79 Å². The molecule has 1 aromatic heterocycles. The van der Waals surface area contributed by atoms with Crippen molar-refractivity contribution in [2.45, 2.75) is 63.5 Å². The Morgan fingerprint density at radius 1 is 1.36 bits per heavy atom. The second-order valence-electron chi connectivity index (χ2n) is 6.34. The van der Waals surface area contributed by atoms with Crippen LogP contribution in [-0.2, 0) is 10.3 Å². The molecule has 2 fully saturated rings. The van der Waals surface area contributed by atoms with E-state index in [9.17, 15) is 4.79 Å². The first-order valence-corrected chi connectivity index (χ1v) is 8.47. The van der Waals surface area contributed by atoms with Crippen molar-refractivity contribution in [1.29, 1.82) is 0 Å². The Balaban J connectivity index is 0.00000121. The molecule has 3 N–H and O–H groups in total. The third kappa shape index (κ3) is 3.94. The number of rotatable bonds is 3. The van der Waals surface area contributed by atoms with Gasteiger partial charge in [0.05, 0.1) is 5.54 Å². The lowest BCUT2D eigenvalue weighted by Crippen LogP contribution is -2.46. The molecule has 126 valence electrons. The molecule has 2 aliphatic carbocycles. The smallest absolute Gasteiger partial charge is 0.223 e. The topological polar surface area (TPSA) is 68.0 Å². The Bertz CT molecular complexity index is 503. The molecule has 3 rings (SSSR count). The molecule has 0 spiro atoms. The summed E-state index contributed by atoms with van der Waals surface area (Å²) < 4.78 is 0. The fourth-order valence-electron chi connectivity index (χ4n) is 3.54. The van der Waals surface area contributed by atoms with E-state index in [1.54, 1.807) is 11.3 Å². The fourth-order valence-corrected chi connectivity index (χ4v) is 4.55. The van der Waals surface area contributed by atoms with Gasteiger partial charge in [-0.25, -0.2) is 4.98 Å². The molecule has 1 heterocycles. The lowest BCUT2D eigenvalue weighted by atomic mass is 9.96. The quantitative estimate of drug-likeness (QED) is 0.862. The third-order valence-electron chi connectivity index (χ3n) is 4.69. The van der Waals surface area contributed by atoms with Crippen LogP contribution in [0.4, 0.5) is 0 Å². The summed E-state index contributed by atoms with van der Waals surface area (Å²) in [4.78, 5) is 17.2. The minimum absolute atomic E-state index is 0. The SMILES string of the molecule is Cc1csc(C2(NC(=O)C3CCC(N)C3)CCCC2)n1.Cl.Cl. The van der Waals surface area contributed by atoms with Crippen LogP contribution in [0.25, 0.3) is 0 Å². The Hall–Kier alpha value is -0.360. The molecular weight excluding hydrogens is 341 g/mol. The number of hydrogen-bond acceptors (Lipinski definition) is 4. The zero-order valence-corrected chi connectivity index (χ0v) is 15.3. The normalized spacial score (nSPS) is 26.1. The van der Waals surface area contributed by atoms with Crippen molar-refractivity contribution in [3.8, 4) is 0 Å². The standard InChI is InChI=1S/C15H23N3OS.2ClH/c1-10-9-20-14(17-10)15(6-2-3-7-15)18-13(19)11-4-5-12(16)8-11;;/h9,11-12H,2-8,16H2,1H3,(H,18,19);2*1H. The molecule has 1 aromatic rings. The number of carbonyl (C=O) groups excluding carboxylic acids is 1. The molecule has 1 amide bonds. The maximum atomic E-state index is 12.5. The molecule has 4 nitrogen and oxygen atoms in total. The predicted molar refractivity (Wildman–Crippen MR) is 95.0 cm³/mol. The van der Waals surface area contributed by atoms with E-state index in [0.717, 1.165) is 42.8 Å². The number of nitrogens with one attached hydrogen (secondary N) is 1. The molecule has 2 unspecified atom stereocenters. The Morgan fingerprint density at radius 2 is 2.05 bits per heavy atom. The van der Waals surface area contributed by atoms with Gasteiger partial charge in [-0.1, -0.05) is 12.8 Å². The van der Waals surface area contributed by atoms with E-state index in [1.807, 2.05) is 6.92 Å². The minimum atomic E-state index is -0.206. The number of hydrogen-bond donors (Lipinski definition) is 2. The molecule has 0 radical (unpaired) electrons. The lowest BCUT2D eigenvalue weighted by Gasteiger charge is -2.29. The third-order valence-corrected chi connectivity index (χ3v) is 5.86. The summed E-state index contributed by atoms with van der Waals surface area (Å²) >= 11 is 1.68. The number of nitrogens with two attached hydrogens (primary N) is 1. The van der Waals surface area contributed by atoms with E-state index in [4.69, 9.17) is 5.73 Å². The van der Waals surface area contributed by atoms with Crippen molar-refractivity contribution in [2.24, 2.45) is 11.7 Å². The minimum Gasteiger partial charge on any atom is -0.344 e. The van der Waals surface area contributed by atoms with Gasteiger partial charge in [0.15, 0.2) is 0 Å². The van der Waals surface area contributed by atoms with Gasteiger partial charge in [0.1, 0.15) is 5.01 Å². The van der Waals surface area contributed by atoms with Crippen LogP contribution in [0, 0.1) is 12.8 Å². The molecule has 0 bridgehead atoms. The van der Waals surface area contributed by atoms with Crippen molar-refractivity contribution in [1.82, 2.24) is 10.3 Å². The predicted octanol–water partition coefficient (Wildman–Crippen LogP) is 3.31. The van der Waals surface area contributed by atoms with Crippen molar-refractivity contribution in [2.75, 3.05) is 0 Å². The maximum Gasteiger partial charge on any atom is 0.223 e. The van der Waals surface area contributed by atoms with E-state index in [1.165, 1.54) is 12.8 Å². The first kappa shape index (κ1) is 19.7. The summed E-state index contributed by atoms with van der Waals surface area (Å²) in [5.41, 5.74) is 6.77. The van der Waals surface area contributed by atoms with E-state index < -0.39 is 0 Å². The number of carbonyl (C=O) groups is 1. The molecule has 22 heavy (non-hydrogen) atoms. The average molecular weight is 366 g/mol. The van der Waals surface area contributed by atoms with Crippen LogP contribution >= 0.6 is 36.2 Å². The summed E-state index contributed by atoms with van der Waals surface area (Å²) in [7, 11) is 0. The second-order valence-corrected chi connectivity index (χ2v) is 7.20. The summed E-state index contributed by atoms with van der Waals surface area (Å²) in [6.07, 6.45) is 7.11. The highest BCUT2D eigenvalue weighted by Crippen LogP contribution is 2.40. The molecule has 0 aromatic carbocycles. The molecule has 2 atom stereocenters. The van der Waals surface area contributed by atoms with Gasteiger partial charge >= 0.3 is 0 Å². The average Bonchev–Trinajstić information content (AvgIpc) is 3.10. The van der Waals surface area contributed by atoms with Crippen LogP contribution in [0.2, 0.25) is 0 Å². The molecule has 0 saturated heterocycles. The van der Waals surface area contributed by atoms with Crippen LogP contribution in [-0.4, -0.2) is 16.9 Å². The Morgan fingerprint density at radius 3 is 2.55 bits per heavy atom. The Labute approximate surface area is 148 Å². The second kappa shape index (κ2) is 7.95. The highest BCUT2D eigenvalue weighted by molar-refractivity contribution is 7.09. The number of halogens is 2. The number of aromatic nitrogens is 1. The summed E-state index contributed by atoms with van der Waals surface area (Å²) in [6, 6.07) is 0.201. The first-order valence-electron chi connectivity index (χ1n) is 7.59. The van der Waals surface area contributed by atoms with Gasteiger partial charge in [0, 0.05) is 23.0 Å². The number of nitrogens with zero attached hydrogens (tertiary/aromatic N) is 1. The first-order chi connectivity index (χ1) is 9.59. The number of thiazole rings is 1. The van der Waals surface area contributed by atoms with Crippen molar-refractivity contribution >= 4 is 42.1 Å². The summed E-state index contributed by atoms with van der Waals surface area (Å²) in [5, 5.41) is 6.50. The van der Waals surface area contributed by atoms with Crippen molar-refractivity contribution in [3.05, 3.63) is 16.1 Å². The van der Waals surface area contributed by atoms with Gasteiger partial charge in [-0.2, -0.15) is 0 Å². The monoisotopic (exact) mass is 365 g/mol. The van der Waals surface area contributed by atoms with Crippen LogP contribution in [0.5, 0.6) is 0 Å². The van der Waals surface area contributed by atoms with Crippen LogP contribution in [0.3, 0.4) is 0 Å². The molecule has 7 heteroatoms. The highest BCUT2D eigenvalue weighted by atomic mass is 35.5.